The highest BCUT2D eigenvalue weighted by Gasteiger charge is 2.05. The number of benzene rings is 2. The van der Waals surface area contributed by atoms with E-state index < -0.39 is 0 Å². The van der Waals surface area contributed by atoms with Gasteiger partial charge in [-0.1, -0.05) is 49.3 Å². The molecule has 2 rings (SSSR count). The Bertz CT molecular complexity index is 586. The van der Waals surface area contributed by atoms with E-state index in [1.807, 2.05) is 24.3 Å². The van der Waals surface area contributed by atoms with Gasteiger partial charge in [0.1, 0.15) is 5.82 Å². The Morgan fingerprint density at radius 2 is 2.00 bits per heavy atom. The highest BCUT2D eigenvalue weighted by Crippen LogP contribution is 2.34. The van der Waals surface area contributed by atoms with Crippen molar-refractivity contribution in [3.05, 3.63) is 58.9 Å². The monoisotopic (exact) mass is 309 g/mol. The van der Waals surface area contributed by atoms with Crippen molar-refractivity contribution in [1.82, 2.24) is 5.32 Å². The molecule has 4 heteroatoms. The molecule has 0 unspecified atom stereocenters. The summed E-state index contributed by atoms with van der Waals surface area (Å²) in [5, 5.41) is 4.05. The molecule has 0 radical (unpaired) electrons. The summed E-state index contributed by atoms with van der Waals surface area (Å²) in [5.41, 5.74) is 1.15. The minimum absolute atomic E-state index is 0.233. The third-order valence-electron chi connectivity index (χ3n) is 2.73. The number of rotatable bonds is 5. The number of halogens is 2. The van der Waals surface area contributed by atoms with E-state index in [-0.39, 0.29) is 5.82 Å². The standard InChI is InChI=1S/C16H17ClFNS/c1-11(2)19-10-12-6-7-16(15(17)8-12)20-14-5-3-4-13(18)9-14/h3-9,11,19H,10H2,1-2H3. The number of hydrogen-bond donors (Lipinski definition) is 1. The zero-order chi connectivity index (χ0) is 14.5. The summed E-state index contributed by atoms with van der Waals surface area (Å²) in [7, 11) is 0. The summed E-state index contributed by atoms with van der Waals surface area (Å²) in [4.78, 5) is 1.78. The highest BCUT2D eigenvalue weighted by atomic mass is 35.5. The van der Waals surface area contributed by atoms with Crippen molar-refractivity contribution in [3.63, 3.8) is 0 Å². The highest BCUT2D eigenvalue weighted by molar-refractivity contribution is 7.99. The zero-order valence-electron chi connectivity index (χ0n) is 11.5. The molecular weight excluding hydrogens is 293 g/mol. The quantitative estimate of drug-likeness (QED) is 0.822. The van der Waals surface area contributed by atoms with Crippen molar-refractivity contribution in [3.8, 4) is 0 Å². The maximum Gasteiger partial charge on any atom is 0.124 e. The number of hydrogen-bond acceptors (Lipinski definition) is 2. The first-order valence-electron chi connectivity index (χ1n) is 6.50. The van der Waals surface area contributed by atoms with Gasteiger partial charge < -0.3 is 5.32 Å². The lowest BCUT2D eigenvalue weighted by Gasteiger charge is -2.10. The molecule has 0 fully saturated rings. The summed E-state index contributed by atoms with van der Waals surface area (Å²) in [5.74, 6) is -0.233. The van der Waals surface area contributed by atoms with Crippen LogP contribution >= 0.6 is 23.4 Å². The van der Waals surface area contributed by atoms with E-state index in [9.17, 15) is 4.39 Å². The fourth-order valence-electron chi connectivity index (χ4n) is 1.72. The van der Waals surface area contributed by atoms with Gasteiger partial charge in [0.05, 0.1) is 5.02 Å². The van der Waals surface area contributed by atoms with Crippen molar-refractivity contribution in [2.45, 2.75) is 36.2 Å². The van der Waals surface area contributed by atoms with E-state index in [0.717, 1.165) is 21.9 Å². The van der Waals surface area contributed by atoms with E-state index >= 15 is 0 Å². The molecule has 2 aromatic rings. The molecule has 0 bridgehead atoms. The van der Waals surface area contributed by atoms with Crippen LogP contribution in [0.2, 0.25) is 5.02 Å². The van der Waals surface area contributed by atoms with Crippen LogP contribution in [0.3, 0.4) is 0 Å². The molecular formula is C16H17ClFNS. The normalized spacial score (nSPS) is 11.1. The van der Waals surface area contributed by atoms with E-state index in [4.69, 9.17) is 11.6 Å². The van der Waals surface area contributed by atoms with Crippen molar-refractivity contribution in [1.29, 1.82) is 0 Å². The average Bonchev–Trinajstić information content (AvgIpc) is 2.39. The first-order valence-corrected chi connectivity index (χ1v) is 7.69. The Kier molecular flexibility index (Phi) is 5.46. The molecule has 0 heterocycles. The van der Waals surface area contributed by atoms with Gasteiger partial charge in [-0.05, 0) is 35.9 Å². The largest absolute Gasteiger partial charge is 0.310 e. The molecule has 0 aliphatic carbocycles. The maximum atomic E-state index is 13.2. The Morgan fingerprint density at radius 3 is 2.65 bits per heavy atom. The van der Waals surface area contributed by atoms with E-state index in [1.54, 1.807) is 6.07 Å². The summed E-state index contributed by atoms with van der Waals surface area (Å²) in [6.07, 6.45) is 0. The summed E-state index contributed by atoms with van der Waals surface area (Å²) < 4.78 is 13.2. The molecule has 106 valence electrons. The van der Waals surface area contributed by atoms with Crippen LogP contribution in [-0.4, -0.2) is 6.04 Å². The molecule has 0 spiro atoms. The van der Waals surface area contributed by atoms with Crippen molar-refractivity contribution in [2.24, 2.45) is 0 Å². The third-order valence-corrected chi connectivity index (χ3v) is 4.22. The van der Waals surface area contributed by atoms with Gasteiger partial charge in [-0.15, -0.1) is 0 Å². The molecule has 2 aromatic carbocycles. The lowest BCUT2D eigenvalue weighted by Crippen LogP contribution is -2.21. The molecule has 0 saturated carbocycles. The van der Waals surface area contributed by atoms with Crippen LogP contribution < -0.4 is 5.32 Å². The van der Waals surface area contributed by atoms with Crippen LogP contribution in [0.4, 0.5) is 4.39 Å². The Labute approximate surface area is 128 Å². The topological polar surface area (TPSA) is 12.0 Å². The number of nitrogens with one attached hydrogen (secondary N) is 1. The van der Waals surface area contributed by atoms with Crippen LogP contribution in [0.25, 0.3) is 0 Å². The molecule has 0 aliphatic rings. The lowest BCUT2D eigenvalue weighted by atomic mass is 10.2. The molecule has 1 nitrogen and oxygen atoms in total. The second kappa shape index (κ2) is 7.11. The van der Waals surface area contributed by atoms with Crippen molar-refractivity contribution < 1.29 is 4.39 Å². The predicted molar refractivity (Wildman–Crippen MR) is 84.0 cm³/mol. The fraction of sp³-hybridized carbons (Fsp3) is 0.250. The molecule has 0 aromatic heterocycles. The Balaban J connectivity index is 2.09. The van der Waals surface area contributed by atoms with Crippen LogP contribution in [-0.2, 0) is 6.54 Å². The van der Waals surface area contributed by atoms with Crippen LogP contribution in [0.1, 0.15) is 19.4 Å². The summed E-state index contributed by atoms with van der Waals surface area (Å²) in [6.45, 7) is 5.01. The smallest absolute Gasteiger partial charge is 0.124 e. The summed E-state index contributed by atoms with van der Waals surface area (Å²) in [6, 6.07) is 12.9. The molecule has 0 amide bonds. The van der Waals surface area contributed by atoms with Gasteiger partial charge in [-0.25, -0.2) is 4.39 Å². The van der Waals surface area contributed by atoms with Gasteiger partial charge in [-0.3, -0.25) is 0 Å². The van der Waals surface area contributed by atoms with Gasteiger partial charge in [-0.2, -0.15) is 0 Å². The molecule has 0 aliphatic heterocycles. The van der Waals surface area contributed by atoms with E-state index in [0.29, 0.717) is 11.1 Å². The van der Waals surface area contributed by atoms with Gasteiger partial charge in [0.2, 0.25) is 0 Å². The van der Waals surface area contributed by atoms with E-state index in [2.05, 4.69) is 19.2 Å². The molecule has 20 heavy (non-hydrogen) atoms. The van der Waals surface area contributed by atoms with Crippen LogP contribution in [0.15, 0.2) is 52.3 Å². The SMILES string of the molecule is CC(C)NCc1ccc(Sc2cccc(F)c2)c(Cl)c1. The molecule has 0 saturated heterocycles. The molecule has 1 N–H and O–H groups in total. The zero-order valence-corrected chi connectivity index (χ0v) is 13.1. The fourth-order valence-corrected chi connectivity index (χ4v) is 2.90. The molecule has 0 atom stereocenters. The van der Waals surface area contributed by atoms with Crippen molar-refractivity contribution in [2.75, 3.05) is 0 Å². The van der Waals surface area contributed by atoms with Gasteiger partial charge in [0, 0.05) is 22.4 Å². The minimum Gasteiger partial charge on any atom is -0.310 e. The maximum absolute atomic E-state index is 13.2. The first-order chi connectivity index (χ1) is 9.54. The van der Waals surface area contributed by atoms with Crippen LogP contribution in [0, 0.1) is 5.82 Å². The second-order valence-corrected chi connectivity index (χ2v) is 6.38. The first kappa shape index (κ1) is 15.4. The average molecular weight is 310 g/mol. The van der Waals surface area contributed by atoms with E-state index in [1.165, 1.54) is 23.9 Å². The third kappa shape index (κ3) is 4.51. The van der Waals surface area contributed by atoms with Gasteiger partial charge in [0.15, 0.2) is 0 Å². The summed E-state index contributed by atoms with van der Waals surface area (Å²) >= 11 is 7.76. The second-order valence-electron chi connectivity index (χ2n) is 4.86. The predicted octanol–water partition coefficient (Wildman–Crippen LogP) is 5.13. The van der Waals surface area contributed by atoms with Crippen molar-refractivity contribution >= 4 is 23.4 Å². The Hall–Kier alpha value is -1.03. The minimum atomic E-state index is -0.233. The lowest BCUT2D eigenvalue weighted by molar-refractivity contribution is 0.589. The van der Waals surface area contributed by atoms with Gasteiger partial charge in [0.25, 0.3) is 0 Å². The van der Waals surface area contributed by atoms with Crippen LogP contribution in [0.5, 0.6) is 0 Å². The Morgan fingerprint density at radius 1 is 1.20 bits per heavy atom. The van der Waals surface area contributed by atoms with Gasteiger partial charge >= 0.3 is 0 Å².